The number of carbonyl (C=O) groups excluding carboxylic acids is 1. The number of aliphatic hydroxyl groups excluding tert-OH is 1. The molecule has 1 atom stereocenters. The highest BCUT2D eigenvalue weighted by molar-refractivity contribution is 5.84. The highest BCUT2D eigenvalue weighted by Crippen LogP contribution is 2.19. The van der Waals surface area contributed by atoms with Crippen molar-refractivity contribution in [2.45, 2.75) is 18.9 Å². The molecular weight excluding hydrogens is 244 g/mol. The number of aromatic amines is 1. The summed E-state index contributed by atoms with van der Waals surface area (Å²) in [6.45, 7) is 0.478. The van der Waals surface area contributed by atoms with Crippen molar-refractivity contribution in [1.29, 1.82) is 0 Å². The highest BCUT2D eigenvalue weighted by Gasteiger charge is 2.25. The first kappa shape index (κ1) is 12.2. The van der Waals surface area contributed by atoms with E-state index >= 15 is 0 Å². The molecule has 5 nitrogen and oxygen atoms in total. The number of amides is 1. The van der Waals surface area contributed by atoms with E-state index in [4.69, 9.17) is 4.84 Å². The van der Waals surface area contributed by atoms with Crippen molar-refractivity contribution in [3.05, 3.63) is 36.0 Å². The van der Waals surface area contributed by atoms with E-state index in [9.17, 15) is 9.90 Å². The first-order chi connectivity index (χ1) is 9.24. The Kier molecular flexibility index (Phi) is 3.23. The van der Waals surface area contributed by atoms with E-state index in [2.05, 4.69) is 4.98 Å². The molecule has 1 saturated heterocycles. The summed E-state index contributed by atoms with van der Waals surface area (Å²) in [7, 11) is 0. The smallest absolute Gasteiger partial charge is 0.246 e. The van der Waals surface area contributed by atoms with Gasteiger partial charge in [0.1, 0.15) is 6.61 Å². The molecule has 19 heavy (non-hydrogen) atoms. The Morgan fingerprint density at radius 2 is 2.32 bits per heavy atom. The number of carbonyl (C=O) groups is 1. The molecule has 1 fully saturated rings. The van der Waals surface area contributed by atoms with Crippen molar-refractivity contribution < 1.29 is 14.7 Å². The van der Waals surface area contributed by atoms with Crippen LogP contribution in [0.15, 0.2) is 30.5 Å². The average molecular weight is 260 g/mol. The average Bonchev–Trinajstić information content (AvgIpc) is 3.02. The van der Waals surface area contributed by atoms with Crippen LogP contribution in [0.25, 0.3) is 10.9 Å². The third-order valence-corrected chi connectivity index (χ3v) is 3.36. The Morgan fingerprint density at radius 3 is 3.11 bits per heavy atom. The lowest BCUT2D eigenvalue weighted by molar-refractivity contribution is -0.168. The summed E-state index contributed by atoms with van der Waals surface area (Å²) in [4.78, 5) is 20.2. The molecule has 0 saturated carbocycles. The molecule has 0 bridgehead atoms. The molecule has 1 aliphatic heterocycles. The van der Waals surface area contributed by atoms with Gasteiger partial charge in [-0.25, -0.2) is 5.06 Å². The Bertz CT molecular complexity index is 593. The summed E-state index contributed by atoms with van der Waals surface area (Å²) >= 11 is 0. The third kappa shape index (κ3) is 2.47. The topological polar surface area (TPSA) is 65.6 Å². The van der Waals surface area contributed by atoms with Crippen molar-refractivity contribution in [2.75, 3.05) is 13.2 Å². The first-order valence-electron chi connectivity index (χ1n) is 6.40. The standard InChI is InChI=1S/C14H16N2O3/c17-11-8-16(19-9-11)14(18)6-5-10-7-15-13-4-2-1-3-12(10)13/h1-4,7,11,15,17H,5-6,8-9H2. The minimum Gasteiger partial charge on any atom is -0.389 e. The maximum atomic E-state index is 11.9. The number of hydrogen-bond acceptors (Lipinski definition) is 3. The summed E-state index contributed by atoms with van der Waals surface area (Å²) in [5.74, 6) is -0.0816. The van der Waals surface area contributed by atoms with Gasteiger partial charge in [0.05, 0.1) is 12.6 Å². The van der Waals surface area contributed by atoms with E-state index in [0.29, 0.717) is 12.8 Å². The lowest BCUT2D eigenvalue weighted by atomic mass is 10.1. The maximum Gasteiger partial charge on any atom is 0.246 e. The van der Waals surface area contributed by atoms with Gasteiger partial charge in [-0.1, -0.05) is 18.2 Å². The molecule has 2 N–H and O–H groups in total. The van der Waals surface area contributed by atoms with E-state index in [-0.39, 0.29) is 19.1 Å². The number of hydroxylamine groups is 2. The van der Waals surface area contributed by atoms with Crippen molar-refractivity contribution in [1.82, 2.24) is 10.0 Å². The first-order valence-corrected chi connectivity index (χ1v) is 6.40. The number of H-pyrrole nitrogens is 1. The fourth-order valence-corrected chi connectivity index (χ4v) is 2.35. The van der Waals surface area contributed by atoms with Crippen molar-refractivity contribution >= 4 is 16.8 Å². The van der Waals surface area contributed by atoms with Gasteiger partial charge in [0.2, 0.25) is 5.91 Å². The predicted molar refractivity (Wildman–Crippen MR) is 70.3 cm³/mol. The number of para-hydroxylation sites is 1. The second-order valence-electron chi connectivity index (χ2n) is 4.76. The van der Waals surface area contributed by atoms with Gasteiger partial charge in [0, 0.05) is 23.5 Å². The van der Waals surface area contributed by atoms with Crippen LogP contribution in [0.3, 0.4) is 0 Å². The van der Waals surface area contributed by atoms with Crippen molar-refractivity contribution in [2.24, 2.45) is 0 Å². The number of nitrogens with zero attached hydrogens (tertiary/aromatic N) is 1. The summed E-state index contributed by atoms with van der Waals surface area (Å²) in [5.41, 5.74) is 2.21. The minimum atomic E-state index is -0.558. The van der Waals surface area contributed by atoms with Crippen molar-refractivity contribution in [3.8, 4) is 0 Å². The van der Waals surface area contributed by atoms with Gasteiger partial charge in [-0.05, 0) is 18.1 Å². The monoisotopic (exact) mass is 260 g/mol. The zero-order chi connectivity index (χ0) is 13.2. The van der Waals surface area contributed by atoms with E-state index in [1.807, 2.05) is 30.5 Å². The molecule has 5 heteroatoms. The van der Waals surface area contributed by atoms with Crippen LogP contribution in [0.4, 0.5) is 0 Å². The number of benzene rings is 1. The number of fused-ring (bicyclic) bond motifs is 1. The minimum absolute atomic E-state index is 0.0816. The Balaban J connectivity index is 1.64. The summed E-state index contributed by atoms with van der Waals surface area (Å²) in [6, 6.07) is 8.02. The zero-order valence-electron chi connectivity index (χ0n) is 10.5. The third-order valence-electron chi connectivity index (χ3n) is 3.36. The lowest BCUT2D eigenvalue weighted by Crippen LogP contribution is -2.28. The predicted octanol–water partition coefficient (Wildman–Crippen LogP) is 1.24. The van der Waals surface area contributed by atoms with Crippen LogP contribution in [0.2, 0.25) is 0 Å². The number of aliphatic hydroxyl groups is 1. The molecule has 0 spiro atoms. The Hall–Kier alpha value is -1.85. The van der Waals surface area contributed by atoms with E-state index in [1.54, 1.807) is 0 Å². The van der Waals surface area contributed by atoms with Crippen LogP contribution in [-0.4, -0.2) is 40.3 Å². The van der Waals surface area contributed by atoms with Gasteiger partial charge >= 0.3 is 0 Å². The van der Waals surface area contributed by atoms with E-state index in [1.165, 1.54) is 5.06 Å². The van der Waals surface area contributed by atoms with Crippen LogP contribution < -0.4 is 0 Å². The van der Waals surface area contributed by atoms with Crippen LogP contribution in [0.1, 0.15) is 12.0 Å². The number of aromatic nitrogens is 1. The van der Waals surface area contributed by atoms with E-state index < -0.39 is 6.10 Å². The van der Waals surface area contributed by atoms with Gasteiger partial charge in [-0.15, -0.1) is 0 Å². The number of β-amino-alcohol motifs (C(OH)–C–C–N with tert-alkyl or cyclic N) is 1. The molecule has 0 radical (unpaired) electrons. The number of hydrogen-bond donors (Lipinski definition) is 2. The molecule has 2 heterocycles. The molecule has 1 unspecified atom stereocenters. The Labute approximate surface area is 110 Å². The van der Waals surface area contributed by atoms with Gasteiger partial charge < -0.3 is 10.1 Å². The Morgan fingerprint density at radius 1 is 1.47 bits per heavy atom. The normalized spacial score (nSPS) is 19.2. The van der Waals surface area contributed by atoms with Gasteiger partial charge in [0.25, 0.3) is 0 Å². The fraction of sp³-hybridized carbons (Fsp3) is 0.357. The van der Waals surface area contributed by atoms with Crippen LogP contribution in [0.5, 0.6) is 0 Å². The number of nitrogens with one attached hydrogen (secondary N) is 1. The molecule has 0 aliphatic carbocycles. The van der Waals surface area contributed by atoms with Crippen molar-refractivity contribution in [3.63, 3.8) is 0 Å². The second kappa shape index (κ2) is 5.03. The highest BCUT2D eigenvalue weighted by atomic mass is 16.7. The number of rotatable bonds is 3. The fourth-order valence-electron chi connectivity index (χ4n) is 2.35. The van der Waals surface area contributed by atoms with Crippen LogP contribution >= 0.6 is 0 Å². The molecule has 2 aromatic rings. The molecule has 1 amide bonds. The lowest BCUT2D eigenvalue weighted by Gasteiger charge is -2.13. The molecule has 1 aromatic heterocycles. The largest absolute Gasteiger partial charge is 0.389 e. The van der Waals surface area contributed by atoms with Crippen LogP contribution in [0, 0.1) is 0 Å². The molecule has 1 aliphatic rings. The summed E-state index contributed by atoms with van der Waals surface area (Å²) in [5, 5.41) is 11.7. The molecule has 3 rings (SSSR count). The van der Waals surface area contributed by atoms with Gasteiger partial charge in [0.15, 0.2) is 0 Å². The molecular formula is C14H16N2O3. The summed E-state index contributed by atoms with van der Waals surface area (Å²) in [6.07, 6.45) is 2.43. The molecule has 100 valence electrons. The number of aryl methyl sites for hydroxylation is 1. The second-order valence-corrected chi connectivity index (χ2v) is 4.76. The zero-order valence-corrected chi connectivity index (χ0v) is 10.5. The van der Waals surface area contributed by atoms with Gasteiger partial charge in [-0.2, -0.15) is 0 Å². The summed E-state index contributed by atoms with van der Waals surface area (Å²) < 4.78 is 0. The van der Waals surface area contributed by atoms with E-state index in [0.717, 1.165) is 16.5 Å². The maximum absolute atomic E-state index is 11.9. The van der Waals surface area contributed by atoms with Gasteiger partial charge in [-0.3, -0.25) is 9.63 Å². The quantitative estimate of drug-likeness (QED) is 0.872. The van der Waals surface area contributed by atoms with Crippen LogP contribution in [-0.2, 0) is 16.1 Å². The molecule has 1 aromatic carbocycles. The SMILES string of the molecule is O=C(CCc1c[nH]c2ccccc12)N1CC(O)CO1.